The maximum absolute atomic E-state index is 13.8. The molecule has 4 rings (SSSR count). The van der Waals surface area contributed by atoms with Crippen LogP contribution < -0.4 is 16.2 Å². The Hall–Kier alpha value is -3.49. The van der Waals surface area contributed by atoms with Crippen LogP contribution in [0.25, 0.3) is 10.9 Å². The number of hydrogen-bond acceptors (Lipinski definition) is 7. The predicted molar refractivity (Wildman–Crippen MR) is 115 cm³/mol. The highest BCUT2D eigenvalue weighted by Gasteiger charge is 2.37. The van der Waals surface area contributed by atoms with E-state index < -0.39 is 29.4 Å². The highest BCUT2D eigenvalue weighted by atomic mass is 19.4. The number of rotatable bonds is 4. The number of aromatic nitrogens is 3. The van der Waals surface area contributed by atoms with Gasteiger partial charge in [0.2, 0.25) is 5.56 Å². The molecule has 2 aromatic heterocycles. The topological polar surface area (TPSA) is 116 Å². The van der Waals surface area contributed by atoms with Crippen molar-refractivity contribution in [3.8, 4) is 6.07 Å². The van der Waals surface area contributed by atoms with Gasteiger partial charge in [-0.05, 0) is 25.5 Å². The molecule has 0 amide bonds. The molecule has 8 nitrogen and oxygen atoms in total. The van der Waals surface area contributed by atoms with Crippen LogP contribution >= 0.6 is 0 Å². The van der Waals surface area contributed by atoms with E-state index in [2.05, 4.69) is 25.6 Å². The van der Waals surface area contributed by atoms with Gasteiger partial charge < -0.3 is 20.4 Å². The van der Waals surface area contributed by atoms with E-state index in [-0.39, 0.29) is 16.9 Å². The van der Waals surface area contributed by atoms with Crippen molar-refractivity contribution in [1.82, 2.24) is 20.3 Å². The summed E-state index contributed by atoms with van der Waals surface area (Å²) in [4.78, 5) is 23.8. The van der Waals surface area contributed by atoms with Crippen LogP contribution in [0.15, 0.2) is 29.1 Å². The Labute approximate surface area is 186 Å². The average molecular weight is 458 g/mol. The fraction of sp³-hybridized carbons (Fsp3) is 0.364. The number of benzene rings is 1. The van der Waals surface area contributed by atoms with Crippen LogP contribution in [0, 0.1) is 18.3 Å². The lowest BCUT2D eigenvalue weighted by Crippen LogP contribution is -2.34. The zero-order valence-electron chi connectivity index (χ0n) is 17.9. The van der Waals surface area contributed by atoms with Crippen LogP contribution in [0.2, 0.25) is 0 Å². The smallest absolute Gasteiger partial charge is 0.369 e. The van der Waals surface area contributed by atoms with Crippen LogP contribution in [0.4, 0.5) is 19.0 Å². The van der Waals surface area contributed by atoms with Gasteiger partial charge in [-0.2, -0.15) is 18.4 Å². The lowest BCUT2D eigenvalue weighted by molar-refractivity contribution is -0.138. The minimum absolute atomic E-state index is 0.0903. The van der Waals surface area contributed by atoms with Gasteiger partial charge in [0.25, 0.3) is 0 Å². The summed E-state index contributed by atoms with van der Waals surface area (Å²) in [6, 6.07) is 5.95. The van der Waals surface area contributed by atoms with Crippen molar-refractivity contribution in [3.05, 3.63) is 62.8 Å². The first-order valence-corrected chi connectivity index (χ1v) is 10.3. The molecule has 0 radical (unpaired) electrons. The van der Waals surface area contributed by atoms with Gasteiger partial charge in [0, 0.05) is 19.2 Å². The summed E-state index contributed by atoms with van der Waals surface area (Å²) < 4.78 is 47.2. The number of pyridine rings is 1. The summed E-state index contributed by atoms with van der Waals surface area (Å²) in [6.07, 6.45) is -5.19. The summed E-state index contributed by atoms with van der Waals surface area (Å²) in [5, 5.41) is 15.9. The van der Waals surface area contributed by atoms with E-state index in [0.717, 1.165) is 6.07 Å². The van der Waals surface area contributed by atoms with Crippen LogP contribution in [0.5, 0.6) is 0 Å². The van der Waals surface area contributed by atoms with Crippen LogP contribution in [-0.4, -0.2) is 34.6 Å². The Morgan fingerprint density at radius 2 is 2.12 bits per heavy atom. The number of hydrogen-bond donors (Lipinski definition) is 3. The van der Waals surface area contributed by atoms with Crippen molar-refractivity contribution < 1.29 is 17.9 Å². The number of H-pyrrole nitrogens is 1. The van der Waals surface area contributed by atoms with Crippen LogP contribution in [-0.2, 0) is 10.9 Å². The van der Waals surface area contributed by atoms with Gasteiger partial charge in [-0.25, -0.2) is 9.97 Å². The second-order valence-corrected chi connectivity index (χ2v) is 7.74. The summed E-state index contributed by atoms with van der Waals surface area (Å²) >= 11 is 0. The van der Waals surface area contributed by atoms with E-state index in [1.807, 2.05) is 0 Å². The largest absolute Gasteiger partial charge is 0.418 e. The molecule has 1 aliphatic heterocycles. The molecule has 11 heteroatoms. The van der Waals surface area contributed by atoms with Crippen molar-refractivity contribution in [3.63, 3.8) is 0 Å². The van der Waals surface area contributed by atoms with Gasteiger partial charge in [0.05, 0.1) is 46.4 Å². The normalized spacial score (nSPS) is 17.5. The maximum atomic E-state index is 13.8. The minimum atomic E-state index is -4.71. The molecule has 0 spiro atoms. The summed E-state index contributed by atoms with van der Waals surface area (Å²) in [6.45, 7) is 4.73. The van der Waals surface area contributed by atoms with Crippen molar-refractivity contribution >= 4 is 16.7 Å². The molecule has 172 valence electrons. The zero-order chi connectivity index (χ0) is 23.8. The zero-order valence-corrected chi connectivity index (χ0v) is 17.9. The summed E-state index contributed by atoms with van der Waals surface area (Å²) in [5.41, 5.74) is -1.11. The van der Waals surface area contributed by atoms with Crippen molar-refractivity contribution in [2.24, 2.45) is 0 Å². The Morgan fingerprint density at radius 1 is 1.33 bits per heavy atom. The third-order valence-electron chi connectivity index (χ3n) is 5.41. The number of nitrogens with zero attached hydrogens (tertiary/aromatic N) is 3. The van der Waals surface area contributed by atoms with Gasteiger partial charge >= 0.3 is 6.18 Å². The van der Waals surface area contributed by atoms with E-state index >= 15 is 0 Å². The van der Waals surface area contributed by atoms with Crippen molar-refractivity contribution in [2.45, 2.75) is 32.2 Å². The number of aromatic amines is 1. The van der Waals surface area contributed by atoms with Crippen LogP contribution in [0.1, 0.15) is 47.3 Å². The van der Waals surface area contributed by atoms with Gasteiger partial charge in [0.15, 0.2) is 0 Å². The van der Waals surface area contributed by atoms with Crippen LogP contribution in [0.3, 0.4) is 0 Å². The molecule has 3 N–H and O–H groups in total. The standard InChI is InChI=1S/C22H21F3N6O2/c1-11(14-5-3-4-13(9-26)19(14)22(23,24)25)28-21-18-15(29-12(2)30-21)8-17(32)31-20(18)16-10-27-6-7-33-16/h3-5,8,11,16,27H,6-7,10H2,1-2H3,(H,31,32)(H,28,29,30). The third kappa shape index (κ3) is 4.53. The predicted octanol–water partition coefficient (Wildman–Crippen LogP) is 3.35. The van der Waals surface area contributed by atoms with Gasteiger partial charge in [-0.15, -0.1) is 0 Å². The lowest BCUT2D eigenvalue weighted by Gasteiger charge is -2.26. The number of halogens is 3. The lowest BCUT2D eigenvalue weighted by atomic mass is 9.96. The fourth-order valence-electron chi connectivity index (χ4n) is 4.04. The molecule has 1 saturated heterocycles. The molecule has 1 aliphatic rings. The fourth-order valence-corrected chi connectivity index (χ4v) is 4.04. The van der Waals surface area contributed by atoms with Gasteiger partial charge in [0.1, 0.15) is 17.7 Å². The van der Waals surface area contributed by atoms with Crippen molar-refractivity contribution in [1.29, 1.82) is 5.26 Å². The molecule has 0 bridgehead atoms. The van der Waals surface area contributed by atoms with E-state index in [4.69, 9.17) is 4.74 Å². The summed E-state index contributed by atoms with van der Waals surface area (Å²) in [7, 11) is 0. The Morgan fingerprint density at radius 3 is 2.79 bits per heavy atom. The number of alkyl halides is 3. The number of ether oxygens (including phenoxy) is 1. The summed E-state index contributed by atoms with van der Waals surface area (Å²) in [5.74, 6) is 0.610. The first-order valence-electron chi connectivity index (χ1n) is 10.3. The molecule has 2 atom stereocenters. The van der Waals surface area contributed by atoms with E-state index in [0.29, 0.717) is 42.1 Å². The number of nitrogens with one attached hydrogen (secondary N) is 3. The Balaban J connectivity index is 1.85. The molecular formula is C22H21F3N6O2. The quantitative estimate of drug-likeness (QED) is 0.549. The van der Waals surface area contributed by atoms with Gasteiger partial charge in [-0.3, -0.25) is 4.79 Å². The monoisotopic (exact) mass is 458 g/mol. The Bertz CT molecular complexity index is 1290. The van der Waals surface area contributed by atoms with Gasteiger partial charge in [-0.1, -0.05) is 12.1 Å². The number of fused-ring (bicyclic) bond motifs is 1. The molecule has 3 heterocycles. The maximum Gasteiger partial charge on any atom is 0.418 e. The number of aryl methyl sites for hydroxylation is 1. The number of anilines is 1. The molecule has 1 fully saturated rings. The van der Waals surface area contributed by atoms with E-state index in [1.54, 1.807) is 19.9 Å². The van der Waals surface area contributed by atoms with E-state index in [1.165, 1.54) is 18.2 Å². The highest BCUT2D eigenvalue weighted by molar-refractivity contribution is 5.91. The van der Waals surface area contributed by atoms with Crippen molar-refractivity contribution in [2.75, 3.05) is 25.0 Å². The third-order valence-corrected chi connectivity index (χ3v) is 5.41. The average Bonchev–Trinajstić information content (AvgIpc) is 2.77. The number of nitriles is 1. The first-order chi connectivity index (χ1) is 15.7. The second kappa shape index (κ2) is 8.80. The molecule has 2 unspecified atom stereocenters. The molecule has 1 aromatic carbocycles. The highest BCUT2D eigenvalue weighted by Crippen LogP contribution is 2.38. The molecule has 0 saturated carbocycles. The number of morpholine rings is 1. The Kier molecular flexibility index (Phi) is 6.05. The molecule has 0 aliphatic carbocycles. The first kappa shape index (κ1) is 22.7. The molecular weight excluding hydrogens is 437 g/mol. The minimum Gasteiger partial charge on any atom is -0.369 e. The second-order valence-electron chi connectivity index (χ2n) is 7.74. The molecule has 33 heavy (non-hydrogen) atoms. The SMILES string of the molecule is Cc1nc(NC(C)c2cccc(C#N)c2C(F)(F)F)c2c(C3CNCCO3)[nH]c(=O)cc2n1. The molecule has 3 aromatic rings. The van der Waals surface area contributed by atoms with E-state index in [9.17, 15) is 23.2 Å².